The maximum Gasteiger partial charge on any atom is 0.251 e. The van der Waals surface area contributed by atoms with Crippen molar-refractivity contribution in [2.45, 2.75) is 36.7 Å². The Morgan fingerprint density at radius 3 is 2.36 bits per heavy atom. The number of amides is 1. The highest BCUT2D eigenvalue weighted by atomic mass is 35.5. The van der Waals surface area contributed by atoms with Gasteiger partial charge in [-0.2, -0.15) is 0 Å². The minimum Gasteiger partial charge on any atom is -0.345 e. The molecule has 1 fully saturated rings. The molecule has 1 atom stereocenters. The van der Waals surface area contributed by atoms with E-state index in [2.05, 4.69) is 10.0 Å². The van der Waals surface area contributed by atoms with Gasteiger partial charge in [-0.1, -0.05) is 29.8 Å². The molecule has 1 saturated carbocycles. The highest BCUT2D eigenvalue weighted by Crippen LogP contribution is 2.24. The van der Waals surface area contributed by atoms with E-state index < -0.39 is 10.0 Å². The smallest absolute Gasteiger partial charge is 0.251 e. The van der Waals surface area contributed by atoms with Gasteiger partial charge in [-0.05, 0) is 55.7 Å². The van der Waals surface area contributed by atoms with Gasteiger partial charge in [0.25, 0.3) is 5.91 Å². The summed E-state index contributed by atoms with van der Waals surface area (Å²) in [4.78, 5) is 12.5. The van der Waals surface area contributed by atoms with Crippen LogP contribution in [0.15, 0.2) is 53.4 Å². The normalized spacial score (nSPS) is 15.6. The summed E-state index contributed by atoms with van der Waals surface area (Å²) in [7, 11) is -3.51. The summed E-state index contributed by atoms with van der Waals surface area (Å²) in [6, 6.07) is 13.0. The Bertz CT molecular complexity index is 877. The molecule has 0 saturated heterocycles. The maximum atomic E-state index is 12.4. The number of rotatable bonds is 6. The number of halogens is 1. The predicted octanol–water partition coefficient (Wildman–Crippen LogP) is 3.27. The second-order valence-corrected chi connectivity index (χ2v) is 8.26. The lowest BCUT2D eigenvalue weighted by molar-refractivity contribution is 0.0940. The molecule has 1 aliphatic rings. The Morgan fingerprint density at radius 1 is 1.12 bits per heavy atom. The number of carbonyl (C=O) groups excluding carboxylic acids is 1. The Labute approximate surface area is 152 Å². The van der Waals surface area contributed by atoms with Gasteiger partial charge in [-0.15, -0.1) is 0 Å². The molecule has 1 aliphatic carbocycles. The van der Waals surface area contributed by atoms with Gasteiger partial charge >= 0.3 is 0 Å². The number of carbonyl (C=O) groups is 1. The van der Waals surface area contributed by atoms with E-state index in [1.165, 1.54) is 24.3 Å². The number of hydrogen-bond acceptors (Lipinski definition) is 3. The topological polar surface area (TPSA) is 75.3 Å². The van der Waals surface area contributed by atoms with Crippen LogP contribution in [-0.2, 0) is 10.0 Å². The summed E-state index contributed by atoms with van der Waals surface area (Å²) in [5.74, 6) is -0.286. The molecule has 0 aromatic heterocycles. The van der Waals surface area contributed by atoms with Crippen molar-refractivity contribution in [1.29, 1.82) is 0 Å². The molecule has 3 rings (SSSR count). The summed E-state index contributed by atoms with van der Waals surface area (Å²) in [5, 5.41) is 3.45. The van der Waals surface area contributed by atoms with Crippen LogP contribution in [0.2, 0.25) is 5.02 Å². The zero-order valence-electron chi connectivity index (χ0n) is 13.7. The van der Waals surface area contributed by atoms with Gasteiger partial charge in [0, 0.05) is 16.6 Å². The largest absolute Gasteiger partial charge is 0.345 e. The average molecular weight is 379 g/mol. The van der Waals surface area contributed by atoms with Crippen molar-refractivity contribution in [3.63, 3.8) is 0 Å². The zero-order valence-corrected chi connectivity index (χ0v) is 15.3. The number of benzene rings is 2. The lowest BCUT2D eigenvalue weighted by Crippen LogP contribution is -2.27. The van der Waals surface area contributed by atoms with E-state index in [0.29, 0.717) is 10.6 Å². The average Bonchev–Trinajstić information content (AvgIpc) is 3.38. The molecule has 0 radical (unpaired) electrons. The van der Waals surface area contributed by atoms with Crippen LogP contribution in [-0.4, -0.2) is 20.4 Å². The van der Waals surface area contributed by atoms with Crippen LogP contribution in [0.5, 0.6) is 0 Å². The van der Waals surface area contributed by atoms with Crippen molar-refractivity contribution in [3.05, 3.63) is 64.7 Å². The van der Waals surface area contributed by atoms with Crippen molar-refractivity contribution < 1.29 is 13.2 Å². The van der Waals surface area contributed by atoms with Crippen LogP contribution in [0, 0.1) is 0 Å². The van der Waals surface area contributed by atoms with Crippen LogP contribution in [0.1, 0.15) is 41.7 Å². The van der Waals surface area contributed by atoms with Gasteiger partial charge < -0.3 is 5.32 Å². The second-order valence-electron chi connectivity index (χ2n) is 6.14. The van der Waals surface area contributed by atoms with E-state index >= 15 is 0 Å². The minimum atomic E-state index is -3.51. The van der Waals surface area contributed by atoms with E-state index in [4.69, 9.17) is 11.6 Å². The van der Waals surface area contributed by atoms with Crippen molar-refractivity contribution in [3.8, 4) is 0 Å². The minimum absolute atomic E-state index is 0.0458. The van der Waals surface area contributed by atoms with Crippen molar-refractivity contribution in [2.75, 3.05) is 0 Å². The second kappa shape index (κ2) is 7.15. The first-order chi connectivity index (χ1) is 11.9. The Kier molecular flexibility index (Phi) is 5.13. The molecule has 2 aromatic rings. The molecule has 2 aromatic carbocycles. The summed E-state index contributed by atoms with van der Waals surface area (Å²) in [6.45, 7) is 1.84. The maximum absolute atomic E-state index is 12.4. The number of hydrogen-bond donors (Lipinski definition) is 2. The molecule has 2 N–H and O–H groups in total. The van der Waals surface area contributed by atoms with Crippen molar-refractivity contribution in [2.24, 2.45) is 0 Å². The lowest BCUT2D eigenvalue weighted by Gasteiger charge is -2.16. The number of nitrogens with one attached hydrogen (secondary N) is 2. The monoisotopic (exact) mass is 378 g/mol. The summed E-state index contributed by atoms with van der Waals surface area (Å²) in [6.07, 6.45) is 1.75. The summed E-state index contributed by atoms with van der Waals surface area (Å²) >= 11 is 6.14. The van der Waals surface area contributed by atoms with Gasteiger partial charge in [0.1, 0.15) is 0 Å². The molecular formula is C18H19ClN2O3S. The Balaban J connectivity index is 1.69. The van der Waals surface area contributed by atoms with E-state index in [9.17, 15) is 13.2 Å². The first-order valence-corrected chi connectivity index (χ1v) is 9.90. The fourth-order valence-electron chi connectivity index (χ4n) is 2.46. The first-order valence-electron chi connectivity index (χ1n) is 8.04. The molecule has 5 nitrogen and oxygen atoms in total. The predicted molar refractivity (Wildman–Crippen MR) is 97.1 cm³/mol. The van der Waals surface area contributed by atoms with Crippen LogP contribution >= 0.6 is 11.6 Å². The van der Waals surface area contributed by atoms with Crippen LogP contribution in [0.4, 0.5) is 0 Å². The van der Waals surface area contributed by atoms with E-state index in [-0.39, 0.29) is 22.9 Å². The summed E-state index contributed by atoms with van der Waals surface area (Å²) in [5.41, 5.74) is 1.22. The molecule has 25 heavy (non-hydrogen) atoms. The van der Waals surface area contributed by atoms with Crippen LogP contribution in [0.3, 0.4) is 0 Å². The first kappa shape index (κ1) is 17.9. The zero-order chi connectivity index (χ0) is 18.0. The third-order valence-electron chi connectivity index (χ3n) is 4.05. The van der Waals surface area contributed by atoms with E-state index in [1.54, 1.807) is 6.07 Å². The van der Waals surface area contributed by atoms with Gasteiger partial charge in [0.05, 0.1) is 10.9 Å². The SMILES string of the molecule is C[C@@H](NC(=O)c1ccc(S(=O)(=O)NC2CC2)cc1)c1ccccc1Cl. The third-order valence-corrected chi connectivity index (χ3v) is 5.93. The molecule has 132 valence electrons. The fraction of sp³-hybridized carbons (Fsp3) is 0.278. The van der Waals surface area contributed by atoms with Gasteiger partial charge in [-0.3, -0.25) is 4.79 Å². The summed E-state index contributed by atoms with van der Waals surface area (Å²) < 4.78 is 26.9. The molecule has 0 heterocycles. The van der Waals surface area contributed by atoms with Crippen molar-refractivity contribution in [1.82, 2.24) is 10.0 Å². The molecule has 0 unspecified atom stereocenters. The van der Waals surface area contributed by atoms with E-state index in [1.807, 2.05) is 25.1 Å². The van der Waals surface area contributed by atoms with Crippen LogP contribution < -0.4 is 10.0 Å². The quantitative estimate of drug-likeness (QED) is 0.810. The van der Waals surface area contributed by atoms with Gasteiger partial charge in [0.15, 0.2) is 0 Å². The molecule has 0 bridgehead atoms. The highest BCUT2D eigenvalue weighted by Gasteiger charge is 2.28. The highest BCUT2D eigenvalue weighted by molar-refractivity contribution is 7.89. The molecule has 7 heteroatoms. The Hall–Kier alpha value is -1.89. The van der Waals surface area contributed by atoms with Gasteiger partial charge in [-0.25, -0.2) is 13.1 Å². The molecule has 0 aliphatic heterocycles. The molecule has 1 amide bonds. The fourth-order valence-corrected chi connectivity index (χ4v) is 4.06. The Morgan fingerprint density at radius 2 is 1.76 bits per heavy atom. The van der Waals surface area contributed by atoms with Crippen LogP contribution in [0.25, 0.3) is 0 Å². The molecule has 0 spiro atoms. The van der Waals surface area contributed by atoms with Gasteiger partial charge in [0.2, 0.25) is 10.0 Å². The van der Waals surface area contributed by atoms with Crippen molar-refractivity contribution >= 4 is 27.5 Å². The third kappa shape index (κ3) is 4.39. The standard InChI is InChI=1S/C18H19ClN2O3S/c1-12(16-4-2-3-5-17(16)19)20-18(22)13-6-10-15(11-7-13)25(23,24)21-14-8-9-14/h2-7,10-12,14,21H,8-9H2,1H3,(H,20,22)/t12-/m1/s1. The van der Waals surface area contributed by atoms with E-state index in [0.717, 1.165) is 18.4 Å². The molecular weight excluding hydrogens is 360 g/mol. The lowest BCUT2D eigenvalue weighted by atomic mass is 10.1. The number of sulfonamides is 1.